The fourth-order valence-electron chi connectivity index (χ4n) is 1.88. The Kier molecular flexibility index (Phi) is 3.65. The van der Waals surface area contributed by atoms with Crippen molar-refractivity contribution in [2.45, 2.75) is 17.3 Å². The number of fused-ring (bicyclic) bond motifs is 1. The maximum absolute atomic E-state index is 13.4. The Morgan fingerprint density at radius 1 is 1.16 bits per heavy atom. The summed E-state index contributed by atoms with van der Waals surface area (Å²) in [5.74, 6) is 0. The fourth-order valence-corrected chi connectivity index (χ4v) is 8.36. The molecule has 1 unspecified atom stereocenters. The van der Waals surface area contributed by atoms with E-state index in [0.717, 1.165) is 13.0 Å². The second-order valence-electron chi connectivity index (χ2n) is 3.74. The van der Waals surface area contributed by atoms with E-state index in [1.807, 2.05) is 0 Å². The van der Waals surface area contributed by atoms with Crippen LogP contribution >= 0.6 is 10.3 Å². The minimum Gasteiger partial charge on any atom is -0.254 e. The van der Waals surface area contributed by atoms with Crippen LogP contribution in [0.2, 0.25) is 0 Å². The molecule has 1 atom stereocenters. The van der Waals surface area contributed by atoms with E-state index in [9.17, 15) is 23.5 Å². The standard InChI is InChI=1S/C10H8F3IO4S/c1-7-6-8-4-2-3-5-9(8)19(7,10(11,12)13)18-14(15,16)17/h2-6H,1H3. The lowest BCUT2D eigenvalue weighted by molar-refractivity contribution is -1.91. The lowest BCUT2D eigenvalue weighted by Crippen LogP contribution is -4.23. The van der Waals surface area contributed by atoms with Crippen molar-refractivity contribution in [1.29, 1.82) is 0 Å². The van der Waals surface area contributed by atoms with Crippen molar-refractivity contribution in [3.8, 4) is 0 Å². The summed E-state index contributed by atoms with van der Waals surface area (Å²) in [7, 11) is -4.27. The number of allylic oxidation sites excluding steroid dienone is 1. The number of benzene rings is 1. The molecule has 0 spiro atoms. The number of hydrogen-bond acceptors (Lipinski definition) is 4. The van der Waals surface area contributed by atoms with Crippen molar-refractivity contribution in [2.24, 2.45) is 0 Å². The maximum Gasteiger partial charge on any atom is 0.466 e. The summed E-state index contributed by atoms with van der Waals surface area (Å²) < 4.78 is 76.6. The highest BCUT2D eigenvalue weighted by Gasteiger charge is 2.66. The van der Waals surface area contributed by atoms with E-state index >= 15 is 0 Å². The van der Waals surface area contributed by atoms with Gasteiger partial charge in [0, 0.05) is 9.80 Å². The van der Waals surface area contributed by atoms with Crippen LogP contribution in [0, 0.1) is 0 Å². The number of rotatable bonds is 2. The second kappa shape index (κ2) is 4.60. The van der Waals surface area contributed by atoms with Gasteiger partial charge in [0.05, 0.1) is 2.51 Å². The first kappa shape index (κ1) is 15.1. The SMILES string of the molecule is CC1=Cc2ccccc2S1(O[I+3]([O-])([O-])[O-])C(F)(F)F. The highest BCUT2D eigenvalue weighted by molar-refractivity contribution is 8.34. The molecule has 1 aliphatic rings. The van der Waals surface area contributed by atoms with E-state index < -0.39 is 35.9 Å². The van der Waals surface area contributed by atoms with Gasteiger partial charge in [-0.05, 0) is 24.6 Å². The van der Waals surface area contributed by atoms with Crippen molar-refractivity contribution in [2.75, 3.05) is 0 Å². The number of halogens is 4. The molecule has 0 saturated carbocycles. The van der Waals surface area contributed by atoms with Crippen molar-refractivity contribution in [1.82, 2.24) is 0 Å². The highest BCUT2D eigenvalue weighted by Crippen LogP contribution is 2.75. The first-order valence-electron chi connectivity index (χ1n) is 4.87. The second-order valence-corrected chi connectivity index (χ2v) is 9.76. The van der Waals surface area contributed by atoms with E-state index in [4.69, 9.17) is 0 Å². The van der Waals surface area contributed by atoms with E-state index in [0.29, 0.717) is 0 Å². The molecule has 1 aromatic rings. The molecule has 0 aromatic heterocycles. The minimum atomic E-state index is -6.52. The topological polar surface area (TPSA) is 78.4 Å². The summed E-state index contributed by atoms with van der Waals surface area (Å²) in [5, 5.41) is 0. The molecule has 1 aromatic carbocycles. The molecule has 2 rings (SSSR count). The summed E-state index contributed by atoms with van der Waals surface area (Å²) in [6.07, 6.45) is 1.20. The summed E-state index contributed by atoms with van der Waals surface area (Å²) in [6.45, 7) is 1.12. The highest BCUT2D eigenvalue weighted by atomic mass is 127. The fraction of sp³-hybridized carbons (Fsp3) is 0.200. The Balaban J connectivity index is 2.67. The van der Waals surface area contributed by atoms with Crippen LogP contribution in [0.5, 0.6) is 0 Å². The number of alkyl halides is 3. The summed E-state index contributed by atoms with van der Waals surface area (Å²) in [6, 6.07) is 5.42. The van der Waals surface area contributed by atoms with Gasteiger partial charge in [0.15, 0.2) is 0 Å². The quantitative estimate of drug-likeness (QED) is 0.511. The Bertz CT molecular complexity index is 540. The molecule has 1 heterocycles. The molecular weight excluding hydrogens is 400 g/mol. The van der Waals surface area contributed by atoms with E-state index in [-0.39, 0.29) is 15.4 Å². The zero-order valence-corrected chi connectivity index (χ0v) is 12.4. The van der Waals surface area contributed by atoms with Crippen LogP contribution in [0.25, 0.3) is 6.08 Å². The molecule has 0 amide bonds. The molecule has 0 aliphatic carbocycles. The van der Waals surface area contributed by atoms with Crippen LogP contribution in [0.1, 0.15) is 12.5 Å². The van der Waals surface area contributed by atoms with Crippen LogP contribution in [-0.2, 0) is 2.51 Å². The zero-order chi connectivity index (χ0) is 14.5. The zero-order valence-electron chi connectivity index (χ0n) is 9.44. The molecule has 1 aliphatic heterocycles. The van der Waals surface area contributed by atoms with Gasteiger partial charge in [-0.25, -0.2) is 0 Å². The Morgan fingerprint density at radius 2 is 1.74 bits per heavy atom. The molecule has 0 N–H and O–H groups in total. The third-order valence-electron chi connectivity index (χ3n) is 2.54. The Hall–Kier alpha value is -0.330. The lowest BCUT2D eigenvalue weighted by atomic mass is 10.2. The van der Waals surface area contributed by atoms with E-state index in [1.165, 1.54) is 24.3 Å². The molecule has 4 nitrogen and oxygen atoms in total. The maximum atomic E-state index is 13.4. The first-order valence-corrected chi connectivity index (χ1v) is 9.95. The number of hydrogen-bond donors (Lipinski definition) is 0. The van der Waals surface area contributed by atoms with Crippen molar-refractivity contribution < 1.29 is 46.1 Å². The van der Waals surface area contributed by atoms with Crippen LogP contribution in [-0.4, -0.2) is 5.51 Å². The van der Waals surface area contributed by atoms with Gasteiger partial charge in [-0.3, -0.25) is 10.3 Å². The largest absolute Gasteiger partial charge is 0.466 e. The van der Waals surface area contributed by atoms with Gasteiger partial charge in [0.25, 0.3) is 0 Å². The van der Waals surface area contributed by atoms with Gasteiger partial charge >= 0.3 is 25.6 Å². The molecule has 0 radical (unpaired) electrons. The van der Waals surface area contributed by atoms with Crippen molar-refractivity contribution >= 4 is 16.4 Å². The third kappa shape index (κ3) is 2.50. The molecule has 0 fully saturated rings. The summed E-state index contributed by atoms with van der Waals surface area (Å²) in [4.78, 5) is -0.591. The van der Waals surface area contributed by atoms with Gasteiger partial charge in [-0.15, -0.1) is 0 Å². The van der Waals surface area contributed by atoms with Crippen LogP contribution in [0.4, 0.5) is 13.2 Å². The van der Waals surface area contributed by atoms with Crippen molar-refractivity contribution in [3.05, 3.63) is 34.7 Å². The van der Waals surface area contributed by atoms with Crippen LogP contribution in [0.3, 0.4) is 0 Å². The molecule has 9 heteroatoms. The van der Waals surface area contributed by atoms with Gasteiger partial charge in [0.2, 0.25) is 0 Å². The Labute approximate surface area is 114 Å². The Morgan fingerprint density at radius 3 is 2.26 bits per heavy atom. The lowest BCUT2D eigenvalue weighted by Gasteiger charge is -2.32. The summed E-state index contributed by atoms with van der Waals surface area (Å²) in [5.41, 5.74) is -4.74. The van der Waals surface area contributed by atoms with Crippen molar-refractivity contribution in [3.63, 3.8) is 0 Å². The average molecular weight is 408 g/mol. The van der Waals surface area contributed by atoms with Gasteiger partial charge < -0.3 is 0 Å². The molecule has 19 heavy (non-hydrogen) atoms. The van der Waals surface area contributed by atoms with E-state index in [2.05, 4.69) is 2.51 Å². The minimum absolute atomic E-state index is 0.220. The van der Waals surface area contributed by atoms with Crippen LogP contribution < -0.4 is 30.4 Å². The van der Waals surface area contributed by atoms with Crippen LogP contribution in [0.15, 0.2) is 34.1 Å². The third-order valence-corrected chi connectivity index (χ3v) is 8.49. The molecule has 106 valence electrons. The molecule has 0 saturated heterocycles. The normalized spacial score (nSPS) is 26.6. The van der Waals surface area contributed by atoms with E-state index in [1.54, 1.807) is 0 Å². The monoisotopic (exact) mass is 408 g/mol. The van der Waals surface area contributed by atoms with Gasteiger partial charge in [-0.1, -0.05) is 18.2 Å². The smallest absolute Gasteiger partial charge is 0.254 e. The first-order chi connectivity index (χ1) is 8.58. The average Bonchev–Trinajstić information content (AvgIpc) is 2.50. The summed E-state index contributed by atoms with van der Waals surface area (Å²) >= 11 is -6.52. The molecule has 0 bridgehead atoms. The predicted molar refractivity (Wildman–Crippen MR) is 53.1 cm³/mol. The predicted octanol–water partition coefficient (Wildman–Crippen LogP) is -2.42. The van der Waals surface area contributed by atoms with Gasteiger partial charge in [0.1, 0.15) is 10.3 Å². The van der Waals surface area contributed by atoms with Gasteiger partial charge in [-0.2, -0.15) is 13.2 Å². The molecular formula is C10H8F3IO4S.